The average Bonchev–Trinajstić information content (AvgIpc) is 2.83. The van der Waals surface area contributed by atoms with Gasteiger partial charge in [0.15, 0.2) is 0 Å². The second-order valence-corrected chi connectivity index (χ2v) is 10.8. The Morgan fingerprint density at radius 3 is 2.17 bits per heavy atom. The fourth-order valence-electron chi connectivity index (χ4n) is 3.72. The van der Waals surface area contributed by atoms with Crippen LogP contribution >= 0.6 is 0 Å². The highest BCUT2D eigenvalue weighted by Crippen LogP contribution is 2.24. The molecule has 0 heterocycles. The predicted molar refractivity (Wildman–Crippen MR) is 141 cm³/mol. The van der Waals surface area contributed by atoms with E-state index >= 15 is 0 Å². The summed E-state index contributed by atoms with van der Waals surface area (Å²) < 4.78 is 36.7. The number of carbonyl (C=O) groups excluding carboxylic acids is 2. The van der Waals surface area contributed by atoms with Crippen LogP contribution in [0.5, 0.6) is 11.5 Å². The quantitative estimate of drug-likeness (QED) is 0.436. The van der Waals surface area contributed by atoms with Gasteiger partial charge in [0.25, 0.3) is 0 Å². The molecule has 198 valence electrons. The van der Waals surface area contributed by atoms with Gasteiger partial charge in [0.2, 0.25) is 21.8 Å². The highest BCUT2D eigenvalue weighted by Gasteiger charge is 2.27. The third-order valence-electron chi connectivity index (χ3n) is 5.58. The van der Waals surface area contributed by atoms with Crippen molar-refractivity contribution in [2.24, 2.45) is 0 Å². The van der Waals surface area contributed by atoms with E-state index in [1.165, 1.54) is 16.3 Å². The van der Waals surface area contributed by atoms with Crippen LogP contribution in [-0.2, 0) is 26.2 Å². The van der Waals surface area contributed by atoms with Gasteiger partial charge in [0.1, 0.15) is 17.5 Å². The standard InChI is InChI=1S/C26H37N3O6S/c1-19(2)27-26(31)20(3)28(18-21-10-7-12-23(16-21)34-4)25(30)14-9-15-29(36(6,32)33)22-11-8-13-24(17-22)35-5/h7-8,10-13,16-17,19-20H,9,14-15,18H2,1-6H3,(H,27,31). The summed E-state index contributed by atoms with van der Waals surface area (Å²) in [5.41, 5.74) is 1.28. The van der Waals surface area contributed by atoms with E-state index in [2.05, 4.69) is 5.32 Å². The minimum atomic E-state index is -3.59. The first kappa shape index (κ1) is 29.0. The number of sulfonamides is 1. The molecule has 1 atom stereocenters. The molecule has 0 aliphatic carbocycles. The average molecular weight is 520 g/mol. The van der Waals surface area contributed by atoms with Crippen LogP contribution in [-0.4, -0.2) is 64.2 Å². The fourth-order valence-corrected chi connectivity index (χ4v) is 4.68. The molecule has 0 saturated heterocycles. The highest BCUT2D eigenvalue weighted by molar-refractivity contribution is 7.92. The molecule has 0 bridgehead atoms. The van der Waals surface area contributed by atoms with E-state index in [1.807, 2.05) is 38.1 Å². The summed E-state index contributed by atoms with van der Waals surface area (Å²) in [5, 5.41) is 2.86. The molecule has 2 rings (SSSR count). The van der Waals surface area contributed by atoms with Gasteiger partial charge in [-0.3, -0.25) is 13.9 Å². The Kier molecular flexibility index (Phi) is 10.6. The van der Waals surface area contributed by atoms with Crippen molar-refractivity contribution in [2.75, 3.05) is 31.3 Å². The van der Waals surface area contributed by atoms with E-state index < -0.39 is 16.1 Å². The lowest BCUT2D eigenvalue weighted by Gasteiger charge is -2.30. The Bertz CT molecular complexity index is 1140. The summed E-state index contributed by atoms with van der Waals surface area (Å²) in [6.07, 6.45) is 1.47. The van der Waals surface area contributed by atoms with Crippen molar-refractivity contribution in [1.82, 2.24) is 10.2 Å². The number of methoxy groups -OCH3 is 2. The van der Waals surface area contributed by atoms with Crippen LogP contribution < -0.4 is 19.1 Å². The molecule has 0 aliphatic heterocycles. The molecule has 0 fully saturated rings. The Labute approximate surface area is 214 Å². The van der Waals surface area contributed by atoms with Crippen molar-refractivity contribution in [2.45, 2.75) is 52.2 Å². The SMILES string of the molecule is COc1cccc(CN(C(=O)CCCN(c2cccc(OC)c2)S(C)(=O)=O)C(C)C(=O)NC(C)C)c1. The van der Waals surface area contributed by atoms with Crippen LogP contribution in [0.1, 0.15) is 39.2 Å². The molecule has 9 nitrogen and oxygen atoms in total. The van der Waals surface area contributed by atoms with E-state index in [1.54, 1.807) is 38.3 Å². The third-order valence-corrected chi connectivity index (χ3v) is 6.77. The summed E-state index contributed by atoms with van der Waals surface area (Å²) in [7, 11) is -0.510. The molecule has 36 heavy (non-hydrogen) atoms. The molecule has 2 amide bonds. The largest absolute Gasteiger partial charge is 0.497 e. The predicted octanol–water partition coefficient (Wildman–Crippen LogP) is 3.19. The lowest BCUT2D eigenvalue weighted by molar-refractivity contribution is -0.140. The maximum absolute atomic E-state index is 13.3. The zero-order chi connectivity index (χ0) is 26.9. The van der Waals surface area contributed by atoms with Crippen LogP contribution in [0.4, 0.5) is 5.69 Å². The lowest BCUT2D eigenvalue weighted by Crippen LogP contribution is -2.49. The molecule has 0 spiro atoms. The van der Waals surface area contributed by atoms with Crippen molar-refractivity contribution in [1.29, 1.82) is 0 Å². The van der Waals surface area contributed by atoms with Gasteiger partial charge in [0.05, 0.1) is 26.2 Å². The van der Waals surface area contributed by atoms with Gasteiger partial charge in [-0.25, -0.2) is 8.42 Å². The second kappa shape index (κ2) is 13.2. The molecule has 10 heteroatoms. The van der Waals surface area contributed by atoms with Gasteiger partial charge < -0.3 is 19.7 Å². The Morgan fingerprint density at radius 2 is 1.58 bits per heavy atom. The van der Waals surface area contributed by atoms with Crippen molar-refractivity contribution < 1.29 is 27.5 Å². The second-order valence-electron chi connectivity index (χ2n) is 8.85. The third kappa shape index (κ3) is 8.44. The Hall–Kier alpha value is -3.27. The zero-order valence-electron chi connectivity index (χ0n) is 21.9. The summed E-state index contributed by atoms with van der Waals surface area (Å²) in [6.45, 7) is 5.73. The molecule has 1 unspecified atom stereocenters. The van der Waals surface area contributed by atoms with Crippen molar-refractivity contribution in [3.05, 3.63) is 54.1 Å². The van der Waals surface area contributed by atoms with Gasteiger partial charge >= 0.3 is 0 Å². The number of amides is 2. The highest BCUT2D eigenvalue weighted by atomic mass is 32.2. The van der Waals surface area contributed by atoms with Crippen LogP contribution in [0, 0.1) is 0 Å². The molecule has 0 saturated carbocycles. The van der Waals surface area contributed by atoms with E-state index in [0.717, 1.165) is 11.8 Å². The van der Waals surface area contributed by atoms with Gasteiger partial charge in [-0.05, 0) is 57.0 Å². The number of nitrogens with one attached hydrogen (secondary N) is 1. The molecule has 2 aromatic carbocycles. The molecular weight excluding hydrogens is 482 g/mol. The van der Waals surface area contributed by atoms with Gasteiger partial charge in [-0.1, -0.05) is 18.2 Å². The van der Waals surface area contributed by atoms with Crippen LogP contribution in [0.25, 0.3) is 0 Å². The Balaban J connectivity index is 2.20. The number of nitrogens with zero attached hydrogens (tertiary/aromatic N) is 2. The maximum atomic E-state index is 13.3. The number of anilines is 1. The monoisotopic (exact) mass is 519 g/mol. The first-order valence-corrected chi connectivity index (χ1v) is 13.7. The number of ether oxygens (including phenoxy) is 2. The summed E-state index contributed by atoms with van der Waals surface area (Å²) in [5.74, 6) is 0.687. The van der Waals surface area contributed by atoms with Crippen LogP contribution in [0.3, 0.4) is 0 Å². The molecule has 0 aliphatic rings. The zero-order valence-corrected chi connectivity index (χ0v) is 22.7. The minimum Gasteiger partial charge on any atom is -0.497 e. The van der Waals surface area contributed by atoms with Crippen molar-refractivity contribution >= 4 is 27.5 Å². The molecule has 0 aromatic heterocycles. The van der Waals surface area contributed by atoms with Crippen LogP contribution in [0.15, 0.2) is 48.5 Å². The number of carbonyl (C=O) groups is 2. The van der Waals surface area contributed by atoms with Gasteiger partial charge in [-0.2, -0.15) is 0 Å². The minimum absolute atomic E-state index is 0.0687. The van der Waals surface area contributed by atoms with E-state index in [-0.39, 0.29) is 43.8 Å². The number of rotatable bonds is 13. The Morgan fingerprint density at radius 1 is 0.972 bits per heavy atom. The molecule has 0 radical (unpaired) electrons. The lowest BCUT2D eigenvalue weighted by atomic mass is 10.1. The first-order chi connectivity index (χ1) is 17.0. The van der Waals surface area contributed by atoms with E-state index in [0.29, 0.717) is 17.2 Å². The van der Waals surface area contributed by atoms with Crippen molar-refractivity contribution in [3.63, 3.8) is 0 Å². The first-order valence-electron chi connectivity index (χ1n) is 11.8. The van der Waals surface area contributed by atoms with E-state index in [4.69, 9.17) is 9.47 Å². The normalized spacial score (nSPS) is 12.1. The summed E-state index contributed by atoms with van der Waals surface area (Å²) >= 11 is 0. The molecular formula is C26H37N3O6S. The molecule has 2 aromatic rings. The fraction of sp³-hybridized carbons (Fsp3) is 0.462. The van der Waals surface area contributed by atoms with Gasteiger partial charge in [-0.15, -0.1) is 0 Å². The summed E-state index contributed by atoms with van der Waals surface area (Å²) in [6, 6.07) is 13.3. The van der Waals surface area contributed by atoms with Gasteiger partial charge in [0, 0.05) is 31.6 Å². The number of hydrogen-bond donors (Lipinski definition) is 1. The molecule has 1 N–H and O–H groups in total. The summed E-state index contributed by atoms with van der Waals surface area (Å²) in [4.78, 5) is 27.6. The number of hydrogen-bond acceptors (Lipinski definition) is 6. The van der Waals surface area contributed by atoms with Crippen LogP contribution in [0.2, 0.25) is 0 Å². The topological polar surface area (TPSA) is 105 Å². The van der Waals surface area contributed by atoms with E-state index in [9.17, 15) is 18.0 Å². The smallest absolute Gasteiger partial charge is 0.242 e. The number of benzene rings is 2. The van der Waals surface area contributed by atoms with Crippen molar-refractivity contribution in [3.8, 4) is 11.5 Å². The maximum Gasteiger partial charge on any atom is 0.242 e.